The molecule has 3 rings (SSSR count). The van der Waals surface area contributed by atoms with Crippen LogP contribution in [0.25, 0.3) is 0 Å². The third-order valence-electron chi connectivity index (χ3n) is 3.62. The maximum atomic E-state index is 11.9. The molecule has 3 amide bonds. The summed E-state index contributed by atoms with van der Waals surface area (Å²) >= 11 is 3.27. The number of amides is 3. The molecule has 3 heterocycles. The molecule has 2 aliphatic heterocycles. The first-order valence-corrected chi connectivity index (χ1v) is 7.23. The Labute approximate surface area is 129 Å². The van der Waals surface area contributed by atoms with Crippen molar-refractivity contribution in [2.45, 2.75) is 24.5 Å². The highest BCUT2D eigenvalue weighted by molar-refractivity contribution is 9.10. The molecular formula is C12H15BrN4O4. The number of rotatable bonds is 4. The minimum Gasteiger partial charge on any atom is -0.356 e. The van der Waals surface area contributed by atoms with E-state index in [2.05, 4.69) is 36.9 Å². The van der Waals surface area contributed by atoms with Crippen LogP contribution in [0.5, 0.6) is 0 Å². The van der Waals surface area contributed by atoms with Crippen LogP contribution in [0.1, 0.15) is 16.9 Å². The van der Waals surface area contributed by atoms with Gasteiger partial charge in [0.2, 0.25) is 0 Å². The first-order valence-electron chi connectivity index (χ1n) is 6.44. The van der Waals surface area contributed by atoms with Crippen molar-refractivity contribution in [3.63, 3.8) is 0 Å². The highest BCUT2D eigenvalue weighted by Gasteiger charge is 2.55. The number of ether oxygens (including phenoxy) is 2. The van der Waals surface area contributed by atoms with Crippen LogP contribution in [0, 0.1) is 0 Å². The van der Waals surface area contributed by atoms with E-state index in [-0.39, 0.29) is 18.0 Å². The van der Waals surface area contributed by atoms with Crippen LogP contribution < -0.4 is 16.0 Å². The lowest BCUT2D eigenvalue weighted by Gasteiger charge is -2.23. The number of fused-ring (bicyclic) bond motifs is 1. The summed E-state index contributed by atoms with van der Waals surface area (Å²) < 4.78 is 11.9. The Bertz CT molecular complexity index is 577. The molecule has 0 unspecified atom stereocenters. The van der Waals surface area contributed by atoms with E-state index < -0.39 is 12.0 Å². The molecule has 0 radical (unpaired) electrons. The molecule has 0 aliphatic carbocycles. The minimum atomic E-state index is -0.859. The predicted molar refractivity (Wildman–Crippen MR) is 75.5 cm³/mol. The molecule has 114 valence electrons. The number of aromatic nitrogens is 1. The summed E-state index contributed by atoms with van der Waals surface area (Å²) in [6, 6.07) is 1.37. The molecule has 1 aromatic heterocycles. The monoisotopic (exact) mass is 358 g/mol. The third-order valence-corrected chi connectivity index (χ3v) is 4.08. The largest absolute Gasteiger partial charge is 0.356 e. The van der Waals surface area contributed by atoms with Gasteiger partial charge in [-0.1, -0.05) is 0 Å². The number of carbonyl (C=O) groups excluding carboxylic acids is 2. The molecule has 0 aromatic carbocycles. The Hall–Kier alpha value is -1.58. The van der Waals surface area contributed by atoms with E-state index in [1.165, 1.54) is 7.11 Å². The molecule has 21 heavy (non-hydrogen) atoms. The highest BCUT2D eigenvalue weighted by Crippen LogP contribution is 2.32. The third kappa shape index (κ3) is 2.63. The molecular weight excluding hydrogens is 344 g/mol. The van der Waals surface area contributed by atoms with Gasteiger partial charge in [-0.3, -0.25) is 4.79 Å². The zero-order chi connectivity index (χ0) is 15.0. The van der Waals surface area contributed by atoms with Crippen LogP contribution in [-0.2, 0) is 9.47 Å². The molecule has 0 saturated carbocycles. The second-order valence-electron chi connectivity index (χ2n) is 4.98. The lowest BCUT2D eigenvalue weighted by Crippen LogP contribution is -2.48. The van der Waals surface area contributed by atoms with Gasteiger partial charge in [-0.25, -0.2) is 4.79 Å². The van der Waals surface area contributed by atoms with Crippen molar-refractivity contribution in [2.24, 2.45) is 0 Å². The number of urea groups is 1. The van der Waals surface area contributed by atoms with Gasteiger partial charge in [0.05, 0.1) is 6.10 Å². The number of hydrogen-bond donors (Lipinski definition) is 4. The lowest BCUT2D eigenvalue weighted by atomic mass is 10.1. The number of aromatic amines is 1. The van der Waals surface area contributed by atoms with Crippen molar-refractivity contribution >= 4 is 27.9 Å². The molecule has 2 aliphatic rings. The van der Waals surface area contributed by atoms with Gasteiger partial charge in [0.25, 0.3) is 5.91 Å². The van der Waals surface area contributed by atoms with Crippen LogP contribution in [0.2, 0.25) is 0 Å². The van der Waals surface area contributed by atoms with Gasteiger partial charge in [0, 0.05) is 30.7 Å². The van der Waals surface area contributed by atoms with E-state index in [1.807, 2.05) is 0 Å². The Balaban J connectivity index is 1.56. The molecule has 8 nitrogen and oxygen atoms in total. The average Bonchev–Trinajstić information content (AvgIpc) is 3.08. The summed E-state index contributed by atoms with van der Waals surface area (Å²) in [5, 5.41) is 8.13. The van der Waals surface area contributed by atoms with Gasteiger partial charge in [-0.05, 0) is 22.0 Å². The molecule has 1 aromatic rings. The van der Waals surface area contributed by atoms with Crippen molar-refractivity contribution in [2.75, 3.05) is 13.7 Å². The summed E-state index contributed by atoms with van der Waals surface area (Å²) in [5.74, 6) is -0.218. The van der Waals surface area contributed by atoms with Gasteiger partial charge in [-0.2, -0.15) is 0 Å². The van der Waals surface area contributed by atoms with E-state index in [1.54, 1.807) is 12.3 Å². The summed E-state index contributed by atoms with van der Waals surface area (Å²) in [6.45, 7) is 0.328. The standard InChI is InChI=1S/C12H15BrN4O4/c1-20-12-3-7(21-10(12)16-11(19)17-12)5-15-9(18)8-2-6(13)4-14-8/h2,4,7,10,14H,3,5H2,1H3,(H,15,18)(H2,16,17,19)/t7-,10-,12-/m0/s1. The van der Waals surface area contributed by atoms with Crippen LogP contribution in [0.4, 0.5) is 4.79 Å². The number of carbonyl (C=O) groups is 2. The van der Waals surface area contributed by atoms with E-state index in [0.717, 1.165) is 4.47 Å². The van der Waals surface area contributed by atoms with E-state index in [9.17, 15) is 9.59 Å². The summed E-state index contributed by atoms with van der Waals surface area (Å²) in [6.07, 6.45) is 1.36. The molecule has 2 saturated heterocycles. The summed E-state index contributed by atoms with van der Waals surface area (Å²) in [7, 11) is 1.51. The number of halogens is 1. The van der Waals surface area contributed by atoms with Gasteiger partial charge in [0.15, 0.2) is 12.0 Å². The van der Waals surface area contributed by atoms with Crippen molar-refractivity contribution in [3.05, 3.63) is 22.4 Å². The van der Waals surface area contributed by atoms with Crippen LogP contribution in [0.15, 0.2) is 16.7 Å². The van der Waals surface area contributed by atoms with E-state index >= 15 is 0 Å². The Morgan fingerprint density at radius 3 is 3.10 bits per heavy atom. The lowest BCUT2D eigenvalue weighted by molar-refractivity contribution is -0.0723. The average molecular weight is 359 g/mol. The second kappa shape index (κ2) is 5.32. The molecule has 9 heteroatoms. The SMILES string of the molecule is CO[C@@]12C[C@@H](CNC(=O)c3cc(Br)c[nH]3)O[C@@H]1NC(=O)N2. The Morgan fingerprint density at radius 1 is 1.67 bits per heavy atom. The van der Waals surface area contributed by atoms with Gasteiger partial charge < -0.3 is 30.4 Å². The summed E-state index contributed by atoms with van der Waals surface area (Å²) in [5.41, 5.74) is -0.393. The zero-order valence-corrected chi connectivity index (χ0v) is 12.8. The first kappa shape index (κ1) is 14.4. The molecule has 2 fully saturated rings. The molecule has 0 spiro atoms. The molecule has 4 N–H and O–H groups in total. The maximum Gasteiger partial charge on any atom is 0.319 e. The minimum absolute atomic E-state index is 0.218. The van der Waals surface area contributed by atoms with Crippen molar-refractivity contribution in [3.8, 4) is 0 Å². The maximum absolute atomic E-state index is 11.9. The zero-order valence-electron chi connectivity index (χ0n) is 11.2. The van der Waals surface area contributed by atoms with E-state index in [4.69, 9.17) is 9.47 Å². The Morgan fingerprint density at radius 2 is 2.48 bits per heavy atom. The van der Waals surface area contributed by atoms with Crippen LogP contribution in [0.3, 0.4) is 0 Å². The number of H-pyrrole nitrogens is 1. The van der Waals surface area contributed by atoms with Crippen LogP contribution in [-0.4, -0.2) is 48.6 Å². The highest BCUT2D eigenvalue weighted by atomic mass is 79.9. The van der Waals surface area contributed by atoms with Crippen molar-refractivity contribution in [1.29, 1.82) is 0 Å². The fourth-order valence-electron chi connectivity index (χ4n) is 2.57. The molecule has 0 bridgehead atoms. The summed E-state index contributed by atoms with van der Waals surface area (Å²) in [4.78, 5) is 26.1. The fourth-order valence-corrected chi connectivity index (χ4v) is 2.92. The van der Waals surface area contributed by atoms with Crippen LogP contribution >= 0.6 is 15.9 Å². The smallest absolute Gasteiger partial charge is 0.319 e. The second-order valence-corrected chi connectivity index (χ2v) is 5.89. The van der Waals surface area contributed by atoms with Crippen molar-refractivity contribution in [1.82, 2.24) is 20.9 Å². The first-order chi connectivity index (χ1) is 10.0. The van der Waals surface area contributed by atoms with E-state index in [0.29, 0.717) is 18.7 Å². The topological polar surface area (TPSA) is 104 Å². The number of nitrogens with one attached hydrogen (secondary N) is 4. The fraction of sp³-hybridized carbons (Fsp3) is 0.500. The number of hydrogen-bond acceptors (Lipinski definition) is 4. The van der Waals surface area contributed by atoms with Gasteiger partial charge >= 0.3 is 6.03 Å². The van der Waals surface area contributed by atoms with Gasteiger partial charge in [-0.15, -0.1) is 0 Å². The Kier molecular flexibility index (Phi) is 3.64. The van der Waals surface area contributed by atoms with Crippen molar-refractivity contribution < 1.29 is 19.1 Å². The number of methoxy groups -OCH3 is 1. The normalized spacial score (nSPS) is 30.7. The quantitative estimate of drug-likeness (QED) is 0.620. The predicted octanol–water partition coefficient (Wildman–Crippen LogP) is 0.277. The molecule has 3 atom stereocenters. The van der Waals surface area contributed by atoms with Gasteiger partial charge in [0.1, 0.15) is 5.69 Å².